The summed E-state index contributed by atoms with van der Waals surface area (Å²) < 4.78 is 52.3. The molecule has 0 aliphatic rings. The van der Waals surface area contributed by atoms with Crippen LogP contribution in [-0.2, 0) is 17.4 Å². The molecule has 4 rings (SSSR count). The Morgan fingerprint density at radius 2 is 1.81 bits per heavy atom. The van der Waals surface area contributed by atoms with Crippen LogP contribution in [0.2, 0.25) is 0 Å². The van der Waals surface area contributed by atoms with E-state index in [0.29, 0.717) is 35.7 Å². The molecule has 0 spiro atoms. The van der Waals surface area contributed by atoms with Crippen molar-refractivity contribution in [3.8, 4) is 17.2 Å². The van der Waals surface area contributed by atoms with Gasteiger partial charge in [-0.05, 0) is 68.3 Å². The number of alkyl halides is 3. The number of hydrogen-bond donors (Lipinski definition) is 1. The Labute approximate surface area is 205 Å². The highest BCUT2D eigenvalue weighted by molar-refractivity contribution is 5.82. The van der Waals surface area contributed by atoms with Crippen LogP contribution in [0, 0.1) is 6.92 Å². The van der Waals surface area contributed by atoms with E-state index in [1.807, 2.05) is 18.2 Å². The van der Waals surface area contributed by atoms with Gasteiger partial charge >= 0.3 is 12.1 Å². The number of carbonyl (C=O) groups is 1. The average molecular weight is 499 g/mol. The molecular formula is C27H25F3N2O4. The van der Waals surface area contributed by atoms with Crippen LogP contribution in [0.15, 0.2) is 66.9 Å². The molecule has 6 nitrogen and oxygen atoms in total. The van der Waals surface area contributed by atoms with Crippen molar-refractivity contribution in [3.63, 3.8) is 0 Å². The minimum atomic E-state index is -4.43. The van der Waals surface area contributed by atoms with Crippen molar-refractivity contribution in [2.75, 3.05) is 6.61 Å². The van der Waals surface area contributed by atoms with Crippen molar-refractivity contribution < 1.29 is 32.5 Å². The van der Waals surface area contributed by atoms with Crippen LogP contribution in [0.25, 0.3) is 16.6 Å². The van der Waals surface area contributed by atoms with Gasteiger partial charge in [-0.15, -0.1) is 0 Å². The summed E-state index contributed by atoms with van der Waals surface area (Å²) in [6.45, 7) is 5.11. The van der Waals surface area contributed by atoms with Crippen molar-refractivity contribution in [1.29, 1.82) is 0 Å². The predicted octanol–water partition coefficient (Wildman–Crippen LogP) is 6.22. The average Bonchev–Trinajstić information content (AvgIpc) is 3.25. The third-order valence-corrected chi connectivity index (χ3v) is 5.72. The van der Waals surface area contributed by atoms with Crippen LogP contribution in [0.1, 0.15) is 30.5 Å². The fourth-order valence-electron chi connectivity index (χ4n) is 3.69. The molecule has 0 unspecified atom stereocenters. The van der Waals surface area contributed by atoms with Crippen molar-refractivity contribution in [2.45, 2.75) is 39.0 Å². The third-order valence-electron chi connectivity index (χ3n) is 5.72. The van der Waals surface area contributed by atoms with Crippen molar-refractivity contribution in [2.24, 2.45) is 0 Å². The Hall–Kier alpha value is -4.01. The second-order valence-corrected chi connectivity index (χ2v) is 8.92. The highest BCUT2D eigenvalue weighted by atomic mass is 19.4. The quantitative estimate of drug-likeness (QED) is 0.312. The molecule has 9 heteroatoms. The molecule has 0 fully saturated rings. The van der Waals surface area contributed by atoms with Crippen LogP contribution < -0.4 is 9.47 Å². The second-order valence-electron chi connectivity index (χ2n) is 8.92. The number of aryl methyl sites for hydroxylation is 1. The predicted molar refractivity (Wildman–Crippen MR) is 129 cm³/mol. The van der Waals surface area contributed by atoms with Crippen LogP contribution in [0.4, 0.5) is 13.2 Å². The van der Waals surface area contributed by atoms with Crippen molar-refractivity contribution >= 4 is 16.9 Å². The summed E-state index contributed by atoms with van der Waals surface area (Å²) in [4.78, 5) is 11.3. The monoisotopic (exact) mass is 498 g/mol. The van der Waals surface area contributed by atoms with E-state index >= 15 is 0 Å². The first-order chi connectivity index (χ1) is 16.9. The van der Waals surface area contributed by atoms with Crippen LogP contribution in [0.5, 0.6) is 11.5 Å². The second kappa shape index (κ2) is 9.56. The fraction of sp³-hybridized carbons (Fsp3) is 0.259. The number of aliphatic carboxylic acids is 1. The summed E-state index contributed by atoms with van der Waals surface area (Å²) in [5.41, 5.74) is 0.568. The highest BCUT2D eigenvalue weighted by Gasteiger charge is 2.31. The van der Waals surface area contributed by atoms with E-state index in [0.717, 1.165) is 28.6 Å². The first kappa shape index (κ1) is 25.1. The van der Waals surface area contributed by atoms with Gasteiger partial charge < -0.3 is 14.6 Å². The largest absolute Gasteiger partial charge is 0.493 e. The third kappa shape index (κ3) is 5.45. The van der Waals surface area contributed by atoms with E-state index in [4.69, 9.17) is 9.47 Å². The first-order valence-corrected chi connectivity index (χ1v) is 11.2. The lowest BCUT2D eigenvalue weighted by molar-refractivity contribution is -0.152. The van der Waals surface area contributed by atoms with Crippen LogP contribution in [-0.4, -0.2) is 33.1 Å². The van der Waals surface area contributed by atoms with Gasteiger partial charge in [0.25, 0.3) is 0 Å². The maximum Gasteiger partial charge on any atom is 0.416 e. The maximum atomic E-state index is 13.1. The van der Waals surface area contributed by atoms with Gasteiger partial charge in [-0.1, -0.05) is 24.3 Å². The van der Waals surface area contributed by atoms with Gasteiger partial charge in [0.2, 0.25) is 0 Å². The Morgan fingerprint density at radius 1 is 1.06 bits per heavy atom. The Bertz CT molecular complexity index is 1410. The minimum absolute atomic E-state index is 0.326. The summed E-state index contributed by atoms with van der Waals surface area (Å²) in [7, 11) is 0. The molecule has 0 atom stereocenters. The summed E-state index contributed by atoms with van der Waals surface area (Å²) in [5, 5.41) is 14.6. The molecule has 4 aromatic rings. The van der Waals surface area contributed by atoms with Crippen molar-refractivity contribution in [1.82, 2.24) is 9.78 Å². The van der Waals surface area contributed by atoms with Gasteiger partial charge in [-0.3, -0.25) is 0 Å². The SMILES string of the molecule is Cc1cc(OCCc2cccc3cn(-c4cccc(C(F)(F)F)c4)nc23)ccc1OC(C)(C)C(=O)O. The zero-order chi connectivity index (χ0) is 26.1. The molecule has 3 aromatic carbocycles. The van der Waals surface area contributed by atoms with Gasteiger partial charge in [0.15, 0.2) is 5.60 Å². The van der Waals surface area contributed by atoms with Crippen LogP contribution in [0.3, 0.4) is 0 Å². The number of benzene rings is 3. The number of ether oxygens (including phenoxy) is 2. The van der Waals surface area contributed by atoms with E-state index in [2.05, 4.69) is 5.10 Å². The molecule has 0 aliphatic carbocycles. The molecule has 0 radical (unpaired) electrons. The fourth-order valence-corrected chi connectivity index (χ4v) is 3.69. The standard InChI is InChI=1S/C27H25F3N2O4/c1-17-14-22(10-11-23(17)36-26(2,3)25(33)34)35-13-12-18-6-4-7-19-16-32(31-24(18)19)21-9-5-8-20(15-21)27(28,29)30/h4-11,14-16H,12-13H2,1-3H3,(H,33,34). The van der Waals surface area contributed by atoms with E-state index in [1.54, 1.807) is 37.4 Å². The van der Waals surface area contributed by atoms with Gasteiger partial charge in [-0.25, -0.2) is 9.48 Å². The van der Waals surface area contributed by atoms with E-state index in [-0.39, 0.29) is 0 Å². The van der Waals surface area contributed by atoms with Gasteiger partial charge in [0.1, 0.15) is 11.5 Å². The molecule has 1 heterocycles. The van der Waals surface area contributed by atoms with Crippen LogP contribution >= 0.6 is 0 Å². The molecule has 0 aliphatic heterocycles. The molecule has 1 aromatic heterocycles. The molecule has 1 N–H and O–H groups in total. The summed E-state index contributed by atoms with van der Waals surface area (Å²) in [6, 6.07) is 15.8. The molecule has 0 amide bonds. The Morgan fingerprint density at radius 3 is 2.50 bits per heavy atom. The number of hydrogen-bond acceptors (Lipinski definition) is 4. The maximum absolute atomic E-state index is 13.1. The first-order valence-electron chi connectivity index (χ1n) is 11.2. The topological polar surface area (TPSA) is 73.6 Å². The summed E-state index contributed by atoms with van der Waals surface area (Å²) >= 11 is 0. The number of fused-ring (bicyclic) bond motifs is 1. The van der Waals surface area contributed by atoms with E-state index in [1.165, 1.54) is 24.6 Å². The normalized spacial score (nSPS) is 12.1. The lowest BCUT2D eigenvalue weighted by Crippen LogP contribution is -2.38. The lowest BCUT2D eigenvalue weighted by atomic mass is 10.1. The molecule has 188 valence electrons. The lowest BCUT2D eigenvalue weighted by Gasteiger charge is -2.23. The molecule has 0 bridgehead atoms. The van der Waals surface area contributed by atoms with E-state index in [9.17, 15) is 23.1 Å². The van der Waals surface area contributed by atoms with E-state index < -0.39 is 23.3 Å². The van der Waals surface area contributed by atoms with Crippen molar-refractivity contribution in [3.05, 3.63) is 83.6 Å². The molecular weight excluding hydrogens is 473 g/mol. The number of aromatic nitrogens is 2. The number of rotatable bonds is 8. The van der Waals surface area contributed by atoms with Gasteiger partial charge in [0, 0.05) is 18.0 Å². The van der Waals surface area contributed by atoms with Gasteiger partial charge in [-0.2, -0.15) is 18.3 Å². The van der Waals surface area contributed by atoms with Gasteiger partial charge in [0.05, 0.1) is 23.4 Å². The Balaban J connectivity index is 1.47. The molecule has 0 saturated carbocycles. The molecule has 36 heavy (non-hydrogen) atoms. The molecule has 0 saturated heterocycles. The minimum Gasteiger partial charge on any atom is -0.493 e. The zero-order valence-electron chi connectivity index (χ0n) is 20.0. The zero-order valence-corrected chi connectivity index (χ0v) is 20.0. The Kier molecular flexibility index (Phi) is 6.67. The number of carboxylic acids is 1. The highest BCUT2D eigenvalue weighted by Crippen LogP contribution is 2.31. The smallest absolute Gasteiger partial charge is 0.416 e. The summed E-state index contributed by atoms with van der Waals surface area (Å²) in [6.07, 6.45) is -2.20. The number of nitrogens with zero attached hydrogens (tertiary/aromatic N) is 2. The summed E-state index contributed by atoms with van der Waals surface area (Å²) in [5.74, 6) is 0.00111. The number of halogens is 3. The number of carboxylic acid groups (broad SMARTS) is 1.